The molecule has 2 rings (SSSR count). The van der Waals surface area contributed by atoms with Crippen LogP contribution in [0.5, 0.6) is 11.5 Å². The zero-order valence-corrected chi connectivity index (χ0v) is 17.1. The summed E-state index contributed by atoms with van der Waals surface area (Å²) in [7, 11) is 0. The summed E-state index contributed by atoms with van der Waals surface area (Å²) < 4.78 is -1.56. The third-order valence-electron chi connectivity index (χ3n) is 3.22. The highest BCUT2D eigenvalue weighted by Gasteiger charge is 2.51. The number of aromatic hydroxyl groups is 2. The van der Waals surface area contributed by atoms with Gasteiger partial charge in [0.05, 0.1) is 0 Å². The predicted octanol–water partition coefficient (Wildman–Crippen LogP) is 5.62. The van der Waals surface area contributed by atoms with Crippen molar-refractivity contribution < 1.29 is 10.2 Å². The topological polar surface area (TPSA) is 40.5 Å². The maximum absolute atomic E-state index is 10.3. The van der Waals surface area contributed by atoms with E-state index in [0.29, 0.717) is 16.5 Å². The molecule has 2 aromatic carbocycles. The highest BCUT2D eigenvalue weighted by atomic mass is 79.9. The largest absolute Gasteiger partial charge is 0.508 e. The number of hydrogen-bond acceptors (Lipinski definition) is 2. The van der Waals surface area contributed by atoms with Gasteiger partial charge in [-0.1, -0.05) is 100 Å². The third-order valence-corrected chi connectivity index (χ3v) is 9.91. The van der Waals surface area contributed by atoms with Crippen LogP contribution in [0.3, 0.4) is 0 Å². The van der Waals surface area contributed by atoms with Gasteiger partial charge in [-0.2, -0.15) is 0 Å². The number of para-hydroxylation sites is 2. The van der Waals surface area contributed by atoms with Gasteiger partial charge in [-0.3, -0.25) is 0 Å². The second-order valence-corrected chi connectivity index (χ2v) is 10.1. The Hall–Kier alpha value is -0.0400. The van der Waals surface area contributed by atoms with E-state index >= 15 is 0 Å². The average Bonchev–Trinajstić information content (AvgIpc) is 2.47. The lowest BCUT2D eigenvalue weighted by atomic mass is 9.87. The van der Waals surface area contributed by atoms with Gasteiger partial charge in [0.15, 0.2) is 0 Å². The zero-order valence-electron chi connectivity index (χ0n) is 10.7. The van der Waals surface area contributed by atoms with Gasteiger partial charge in [0.2, 0.25) is 0 Å². The molecule has 0 aromatic heterocycles. The molecule has 0 atom stereocenters. The maximum Gasteiger partial charge on any atom is 0.120 e. The van der Waals surface area contributed by atoms with Gasteiger partial charge >= 0.3 is 0 Å². The molecule has 0 bridgehead atoms. The van der Waals surface area contributed by atoms with Gasteiger partial charge in [0, 0.05) is 16.5 Å². The van der Waals surface area contributed by atoms with Crippen molar-refractivity contribution in [3.63, 3.8) is 0 Å². The Bertz CT molecular complexity index is 598. The Morgan fingerprint density at radius 3 is 1.48 bits per heavy atom. The molecule has 0 saturated carbocycles. The summed E-state index contributed by atoms with van der Waals surface area (Å²) in [5.41, 5.74) is 1.28. The van der Waals surface area contributed by atoms with Crippen LogP contribution in [0.4, 0.5) is 0 Å². The van der Waals surface area contributed by atoms with Gasteiger partial charge in [0.1, 0.15) is 19.1 Å². The highest BCUT2D eigenvalue weighted by Crippen LogP contribution is 2.59. The Kier molecular flexibility index (Phi) is 5.45. The van der Waals surface area contributed by atoms with Crippen molar-refractivity contribution in [3.8, 4) is 11.5 Å². The van der Waals surface area contributed by atoms with Gasteiger partial charge in [-0.05, 0) is 12.1 Å². The molecule has 2 N–H and O–H groups in total. The van der Waals surface area contributed by atoms with Crippen LogP contribution in [-0.4, -0.2) is 18.8 Å². The number of phenols is 2. The summed E-state index contributed by atoms with van der Waals surface area (Å²) in [5, 5.41) is 21.1. The molecule has 2 aromatic rings. The summed E-state index contributed by atoms with van der Waals surface area (Å²) in [6.45, 7) is 0. The fraction of sp³-hybridized carbons (Fsp3) is 0.200. The monoisotopic (exact) mass is 540 g/mol. The van der Waals surface area contributed by atoms with Crippen LogP contribution in [0.25, 0.3) is 0 Å². The smallest absolute Gasteiger partial charge is 0.120 e. The van der Waals surface area contributed by atoms with Crippen LogP contribution >= 0.6 is 63.7 Å². The Morgan fingerprint density at radius 1 is 0.762 bits per heavy atom. The summed E-state index contributed by atoms with van der Waals surface area (Å²) >= 11 is 14.5. The molecule has 0 aliphatic heterocycles. The first-order valence-electron chi connectivity index (χ1n) is 6.04. The molecule has 0 aliphatic carbocycles. The molecule has 112 valence electrons. The molecule has 0 spiro atoms. The van der Waals surface area contributed by atoms with Crippen molar-refractivity contribution in [3.05, 3.63) is 59.7 Å². The number of phenolic OH excluding ortho intramolecular Hbond substituents is 2. The summed E-state index contributed by atoms with van der Waals surface area (Å²) in [6, 6.07) is 14.1. The van der Waals surface area contributed by atoms with Crippen molar-refractivity contribution in [2.24, 2.45) is 0 Å². The van der Waals surface area contributed by atoms with Crippen LogP contribution in [0, 0.1) is 0 Å². The van der Waals surface area contributed by atoms with Crippen LogP contribution in [0.2, 0.25) is 0 Å². The van der Waals surface area contributed by atoms with E-state index in [1.165, 1.54) is 0 Å². The quantitative estimate of drug-likeness (QED) is 0.492. The molecule has 21 heavy (non-hydrogen) atoms. The lowest BCUT2D eigenvalue weighted by Crippen LogP contribution is -2.40. The lowest BCUT2D eigenvalue weighted by Gasteiger charge is -2.39. The van der Waals surface area contributed by atoms with E-state index in [4.69, 9.17) is 0 Å². The predicted molar refractivity (Wildman–Crippen MR) is 100 cm³/mol. The molecule has 6 heteroatoms. The lowest BCUT2D eigenvalue weighted by molar-refractivity contribution is 0.448. The molecule has 0 amide bonds. The molecular formula is C15H12Br4O2. The number of benzene rings is 2. The van der Waals surface area contributed by atoms with E-state index in [2.05, 4.69) is 63.7 Å². The van der Waals surface area contributed by atoms with Crippen molar-refractivity contribution >= 4 is 63.7 Å². The minimum absolute atomic E-state index is 0.141. The normalized spacial score (nSPS) is 12.4. The standard InChI is InChI=1S/C15H12Br4O2/c16-9-14(17,18)15(19,10-5-1-3-7-12(10)20)11-6-2-4-8-13(11)21/h1-8,20-21H,9H2. The van der Waals surface area contributed by atoms with Gasteiger partial charge in [-0.15, -0.1) is 0 Å². The SMILES string of the molecule is Oc1ccccc1C(Br)(c1ccccc1O)C(Br)(Br)CBr. The summed E-state index contributed by atoms with van der Waals surface area (Å²) in [4.78, 5) is 0. The fourth-order valence-corrected chi connectivity index (χ4v) is 4.62. The Morgan fingerprint density at radius 2 is 1.14 bits per heavy atom. The molecule has 0 heterocycles. The molecule has 0 fully saturated rings. The fourth-order valence-electron chi connectivity index (χ4n) is 2.16. The summed E-state index contributed by atoms with van der Waals surface area (Å²) in [6.07, 6.45) is 0. The first-order chi connectivity index (χ1) is 9.84. The van der Waals surface area contributed by atoms with Crippen molar-refractivity contribution in [2.45, 2.75) is 7.56 Å². The van der Waals surface area contributed by atoms with E-state index in [1.807, 2.05) is 24.3 Å². The first kappa shape index (κ1) is 17.3. The Labute approximate surface area is 157 Å². The highest BCUT2D eigenvalue weighted by molar-refractivity contribution is 9.27. The molecule has 0 saturated heterocycles. The molecule has 0 unspecified atom stereocenters. The van der Waals surface area contributed by atoms with Crippen molar-refractivity contribution in [1.82, 2.24) is 0 Å². The summed E-state index contributed by atoms with van der Waals surface area (Å²) in [5.74, 6) is 0.281. The number of halogens is 4. The number of rotatable bonds is 4. The van der Waals surface area contributed by atoms with Crippen LogP contribution in [0.1, 0.15) is 11.1 Å². The van der Waals surface area contributed by atoms with E-state index < -0.39 is 7.56 Å². The van der Waals surface area contributed by atoms with E-state index in [1.54, 1.807) is 24.3 Å². The van der Waals surface area contributed by atoms with Crippen molar-refractivity contribution in [2.75, 3.05) is 5.33 Å². The zero-order chi connectivity index (χ0) is 15.7. The molecule has 2 nitrogen and oxygen atoms in total. The maximum atomic E-state index is 10.3. The Balaban J connectivity index is 2.79. The molecule has 0 aliphatic rings. The van der Waals surface area contributed by atoms with E-state index in [-0.39, 0.29) is 11.5 Å². The number of alkyl halides is 4. The third kappa shape index (κ3) is 3.05. The van der Waals surface area contributed by atoms with Crippen LogP contribution < -0.4 is 0 Å². The van der Waals surface area contributed by atoms with E-state index in [9.17, 15) is 10.2 Å². The van der Waals surface area contributed by atoms with Crippen molar-refractivity contribution in [1.29, 1.82) is 0 Å². The van der Waals surface area contributed by atoms with Crippen LogP contribution in [-0.2, 0) is 4.32 Å². The van der Waals surface area contributed by atoms with E-state index in [0.717, 1.165) is 0 Å². The number of hydrogen-bond donors (Lipinski definition) is 2. The second kappa shape index (κ2) is 6.60. The second-order valence-electron chi connectivity index (χ2n) is 4.53. The first-order valence-corrected chi connectivity index (χ1v) is 9.54. The average molecular weight is 544 g/mol. The minimum Gasteiger partial charge on any atom is -0.508 e. The molecular weight excluding hydrogens is 532 g/mol. The van der Waals surface area contributed by atoms with Crippen LogP contribution in [0.15, 0.2) is 48.5 Å². The molecule has 0 radical (unpaired) electrons. The van der Waals surface area contributed by atoms with Gasteiger partial charge in [-0.25, -0.2) is 0 Å². The van der Waals surface area contributed by atoms with Gasteiger partial charge < -0.3 is 10.2 Å². The van der Waals surface area contributed by atoms with Gasteiger partial charge in [0.25, 0.3) is 0 Å². The minimum atomic E-state index is -0.889.